The maximum Gasteiger partial charge on any atom is 0.311 e. The van der Waals surface area contributed by atoms with Crippen LogP contribution in [-0.4, -0.2) is 26.3 Å². The predicted octanol–water partition coefficient (Wildman–Crippen LogP) is 1.84. The molecular weight excluding hydrogens is 262 g/mol. The van der Waals surface area contributed by atoms with E-state index in [2.05, 4.69) is 10.1 Å². The van der Waals surface area contributed by atoms with Gasteiger partial charge in [-0.05, 0) is 12.5 Å². The summed E-state index contributed by atoms with van der Waals surface area (Å²) in [6.07, 6.45) is 2.10. The highest BCUT2D eigenvalue weighted by molar-refractivity contribution is 5.52. The summed E-state index contributed by atoms with van der Waals surface area (Å²) in [6, 6.07) is 6.18. The Balaban J connectivity index is 2.40. The highest BCUT2D eigenvalue weighted by Crippen LogP contribution is 2.29. The van der Waals surface area contributed by atoms with E-state index < -0.39 is 4.92 Å². The molecule has 1 heterocycles. The fourth-order valence-electron chi connectivity index (χ4n) is 1.56. The first-order chi connectivity index (χ1) is 9.65. The van der Waals surface area contributed by atoms with Crippen LogP contribution in [0.5, 0.6) is 5.75 Å². The Hall–Kier alpha value is -2.95. The van der Waals surface area contributed by atoms with Crippen LogP contribution in [0.2, 0.25) is 0 Å². The average Bonchev–Trinajstić information content (AvgIpc) is 2.93. The number of hydrogen-bond acceptors (Lipinski definition) is 6. The number of nitro groups is 1. The van der Waals surface area contributed by atoms with Gasteiger partial charge in [0.25, 0.3) is 5.82 Å². The van der Waals surface area contributed by atoms with Crippen molar-refractivity contribution in [1.82, 2.24) is 14.8 Å². The molecule has 0 atom stereocenters. The number of nitriles is 1. The topological polar surface area (TPSA) is 107 Å². The molecule has 2 aromatic rings. The largest absolute Gasteiger partial charge is 0.487 e. The molecule has 0 aliphatic carbocycles. The zero-order chi connectivity index (χ0) is 14.5. The molecule has 0 N–H and O–H groups in total. The van der Waals surface area contributed by atoms with Crippen molar-refractivity contribution in [2.45, 2.75) is 13.3 Å². The van der Waals surface area contributed by atoms with Gasteiger partial charge in [-0.3, -0.25) is 10.1 Å². The lowest BCUT2D eigenvalue weighted by Gasteiger charge is -2.07. The van der Waals surface area contributed by atoms with E-state index in [1.54, 1.807) is 0 Å². The van der Waals surface area contributed by atoms with E-state index in [1.807, 2.05) is 13.0 Å². The minimum absolute atomic E-state index is 0.0272. The smallest absolute Gasteiger partial charge is 0.311 e. The molecule has 8 heteroatoms. The molecule has 2 rings (SSSR count). The molecule has 0 spiro atoms. The molecule has 0 radical (unpaired) electrons. The summed E-state index contributed by atoms with van der Waals surface area (Å²) in [4.78, 5) is 14.2. The monoisotopic (exact) mass is 273 g/mol. The molecule has 0 bridgehead atoms. The van der Waals surface area contributed by atoms with Crippen molar-refractivity contribution in [1.29, 1.82) is 5.26 Å². The van der Waals surface area contributed by atoms with Crippen LogP contribution in [-0.2, 0) is 0 Å². The summed E-state index contributed by atoms with van der Waals surface area (Å²) in [7, 11) is 0. The number of aromatic nitrogens is 3. The number of ether oxygens (including phenoxy) is 1. The van der Waals surface area contributed by atoms with Gasteiger partial charge in [0.1, 0.15) is 12.4 Å². The third-order valence-corrected chi connectivity index (χ3v) is 2.46. The maximum absolute atomic E-state index is 10.9. The maximum atomic E-state index is 10.9. The highest BCUT2D eigenvalue weighted by Gasteiger charge is 2.16. The molecule has 8 nitrogen and oxygen atoms in total. The molecule has 0 amide bonds. The number of rotatable bonds is 5. The zero-order valence-electron chi connectivity index (χ0n) is 10.7. The summed E-state index contributed by atoms with van der Waals surface area (Å²) < 4.78 is 6.74. The van der Waals surface area contributed by atoms with Crippen LogP contribution in [0.15, 0.2) is 24.5 Å². The van der Waals surface area contributed by atoms with Crippen LogP contribution in [0.25, 0.3) is 5.69 Å². The Labute approximate surface area is 114 Å². The third kappa shape index (κ3) is 2.72. The van der Waals surface area contributed by atoms with Gasteiger partial charge in [0.15, 0.2) is 5.75 Å². The molecule has 0 aliphatic rings. The molecule has 0 saturated heterocycles. The summed E-state index contributed by atoms with van der Waals surface area (Å²) in [5.41, 5.74) is 0.429. The molecule has 102 valence electrons. The van der Waals surface area contributed by atoms with Crippen molar-refractivity contribution < 1.29 is 9.66 Å². The Morgan fingerprint density at radius 1 is 1.55 bits per heavy atom. The SMILES string of the molecule is CCCOc1cc(-n2cnc(C#N)n2)ccc1[N+](=O)[O-]. The molecule has 0 unspecified atom stereocenters. The van der Waals surface area contributed by atoms with Gasteiger partial charge in [-0.1, -0.05) is 6.92 Å². The van der Waals surface area contributed by atoms with E-state index in [9.17, 15) is 10.1 Å². The molecule has 20 heavy (non-hydrogen) atoms. The Morgan fingerprint density at radius 3 is 2.95 bits per heavy atom. The van der Waals surface area contributed by atoms with Crippen LogP contribution in [0, 0.1) is 21.4 Å². The minimum atomic E-state index is -0.503. The van der Waals surface area contributed by atoms with E-state index in [1.165, 1.54) is 29.2 Å². The predicted molar refractivity (Wildman–Crippen MR) is 68.5 cm³/mol. The normalized spacial score (nSPS) is 10.0. The lowest BCUT2D eigenvalue weighted by molar-refractivity contribution is -0.385. The van der Waals surface area contributed by atoms with Crippen LogP contribution in [0.1, 0.15) is 19.2 Å². The molecular formula is C12H11N5O3. The fraction of sp³-hybridized carbons (Fsp3) is 0.250. The summed E-state index contributed by atoms with van der Waals surface area (Å²) in [5, 5.41) is 23.5. The van der Waals surface area contributed by atoms with E-state index >= 15 is 0 Å². The van der Waals surface area contributed by atoms with Crippen LogP contribution < -0.4 is 4.74 Å². The zero-order valence-corrected chi connectivity index (χ0v) is 10.7. The van der Waals surface area contributed by atoms with Gasteiger partial charge in [-0.15, -0.1) is 5.10 Å². The van der Waals surface area contributed by atoms with Gasteiger partial charge >= 0.3 is 5.69 Å². The van der Waals surface area contributed by atoms with Gasteiger partial charge in [0, 0.05) is 12.1 Å². The van der Waals surface area contributed by atoms with Gasteiger partial charge in [-0.2, -0.15) is 5.26 Å². The number of nitro benzene ring substituents is 1. The summed E-state index contributed by atoms with van der Waals surface area (Å²) in [5.74, 6) is 0.197. The highest BCUT2D eigenvalue weighted by atomic mass is 16.6. The van der Waals surface area contributed by atoms with Crippen LogP contribution in [0.4, 0.5) is 5.69 Å². The van der Waals surface area contributed by atoms with Crippen molar-refractivity contribution in [3.8, 4) is 17.5 Å². The second kappa shape index (κ2) is 5.79. The van der Waals surface area contributed by atoms with Crippen molar-refractivity contribution in [3.63, 3.8) is 0 Å². The first-order valence-corrected chi connectivity index (χ1v) is 5.89. The van der Waals surface area contributed by atoms with E-state index in [0.717, 1.165) is 6.42 Å². The molecule has 1 aromatic carbocycles. The van der Waals surface area contributed by atoms with Crippen molar-refractivity contribution in [2.24, 2.45) is 0 Å². The average molecular weight is 273 g/mol. The van der Waals surface area contributed by atoms with E-state index in [0.29, 0.717) is 12.3 Å². The Morgan fingerprint density at radius 2 is 2.35 bits per heavy atom. The summed E-state index contributed by atoms with van der Waals surface area (Å²) in [6.45, 7) is 2.29. The van der Waals surface area contributed by atoms with Crippen molar-refractivity contribution in [3.05, 3.63) is 40.5 Å². The minimum Gasteiger partial charge on any atom is -0.487 e. The second-order valence-electron chi connectivity index (χ2n) is 3.88. The van der Waals surface area contributed by atoms with Gasteiger partial charge in [0.05, 0.1) is 17.2 Å². The third-order valence-electron chi connectivity index (χ3n) is 2.46. The molecule has 0 aliphatic heterocycles. The Kier molecular flexibility index (Phi) is 3.91. The molecule has 0 saturated carbocycles. The number of nitrogens with zero attached hydrogens (tertiary/aromatic N) is 5. The lowest BCUT2D eigenvalue weighted by atomic mass is 10.2. The first-order valence-electron chi connectivity index (χ1n) is 5.89. The number of benzene rings is 1. The Bertz CT molecular complexity index is 674. The van der Waals surface area contributed by atoms with E-state index in [4.69, 9.17) is 10.00 Å². The van der Waals surface area contributed by atoms with Crippen molar-refractivity contribution >= 4 is 5.69 Å². The summed E-state index contributed by atoms with van der Waals surface area (Å²) >= 11 is 0. The van der Waals surface area contributed by atoms with Crippen LogP contribution in [0.3, 0.4) is 0 Å². The van der Waals surface area contributed by atoms with Crippen LogP contribution >= 0.6 is 0 Å². The first kappa shape index (κ1) is 13.5. The van der Waals surface area contributed by atoms with Crippen molar-refractivity contribution in [2.75, 3.05) is 6.61 Å². The standard InChI is InChI=1S/C12H11N5O3/c1-2-5-20-11-6-9(3-4-10(11)17(18)19)16-8-14-12(7-13)15-16/h3-4,6,8H,2,5H2,1H3. The fourth-order valence-corrected chi connectivity index (χ4v) is 1.56. The van der Waals surface area contributed by atoms with Gasteiger partial charge < -0.3 is 4.74 Å². The van der Waals surface area contributed by atoms with E-state index in [-0.39, 0.29) is 17.3 Å². The molecule has 1 aromatic heterocycles. The van der Waals surface area contributed by atoms with Gasteiger partial charge in [-0.25, -0.2) is 9.67 Å². The van der Waals surface area contributed by atoms with Gasteiger partial charge in [0.2, 0.25) is 0 Å². The molecule has 0 fully saturated rings. The lowest BCUT2D eigenvalue weighted by Crippen LogP contribution is -2.02. The second-order valence-corrected chi connectivity index (χ2v) is 3.88. The quantitative estimate of drug-likeness (QED) is 0.607. The number of hydrogen-bond donors (Lipinski definition) is 0.